The van der Waals surface area contributed by atoms with Gasteiger partial charge in [-0.25, -0.2) is 0 Å². The number of hydrogen-bond donors (Lipinski definition) is 2. The molecule has 2 heterocycles. The molecule has 0 saturated heterocycles. The lowest BCUT2D eigenvalue weighted by atomic mass is 9.94. The van der Waals surface area contributed by atoms with Gasteiger partial charge in [-0.05, 0) is 78.5 Å². The molecule has 2 aromatic heterocycles. The Morgan fingerprint density at radius 2 is 1.68 bits per heavy atom. The van der Waals surface area contributed by atoms with E-state index in [-0.39, 0.29) is 29.1 Å². The van der Waals surface area contributed by atoms with Gasteiger partial charge >= 0.3 is 0 Å². The quantitative estimate of drug-likeness (QED) is 0.244. The molecule has 0 bridgehead atoms. The molecule has 1 atom stereocenters. The molecule has 1 aliphatic rings. The minimum absolute atomic E-state index is 0.0627. The highest BCUT2D eigenvalue weighted by Gasteiger charge is 2.36. The summed E-state index contributed by atoms with van der Waals surface area (Å²) in [5.41, 5.74) is 8.73. The maximum atomic E-state index is 14.3. The number of furan rings is 1. The molecule has 214 valence electrons. The molecule has 1 aliphatic carbocycles. The summed E-state index contributed by atoms with van der Waals surface area (Å²) >= 11 is 1.02. The number of benzene rings is 2. The summed E-state index contributed by atoms with van der Waals surface area (Å²) in [6, 6.07) is 17.2. The van der Waals surface area contributed by atoms with Crippen molar-refractivity contribution in [3.63, 3.8) is 0 Å². The van der Waals surface area contributed by atoms with Crippen molar-refractivity contribution >= 4 is 29.0 Å². The Morgan fingerprint density at radius 1 is 1.02 bits per heavy atom. The molecular formula is C31H34N4O5S. The molecule has 3 N–H and O–H groups in total. The Balaban J connectivity index is 1.53. The molecule has 0 aliphatic heterocycles. The molecular weight excluding hydrogens is 540 g/mol. The number of carbonyl (C=O) groups excluding carboxylic acids is 2. The number of nitrogens with two attached hydrogens (primary N) is 1. The number of carbonyl (C=O) groups is 2. The van der Waals surface area contributed by atoms with E-state index in [0.29, 0.717) is 28.5 Å². The lowest BCUT2D eigenvalue weighted by Crippen LogP contribution is -2.46. The van der Waals surface area contributed by atoms with Crippen LogP contribution < -0.4 is 20.5 Å². The van der Waals surface area contributed by atoms with Crippen LogP contribution in [0.1, 0.15) is 59.1 Å². The molecule has 41 heavy (non-hydrogen) atoms. The number of rotatable bonds is 10. The summed E-state index contributed by atoms with van der Waals surface area (Å²) in [5, 5.41) is 3.22. The van der Waals surface area contributed by atoms with Gasteiger partial charge in [0.15, 0.2) is 0 Å². The highest BCUT2D eigenvalue weighted by molar-refractivity contribution is 7.09. The summed E-state index contributed by atoms with van der Waals surface area (Å²) < 4.78 is 20.7. The second-order valence-corrected chi connectivity index (χ2v) is 10.8. The van der Waals surface area contributed by atoms with Gasteiger partial charge in [-0.1, -0.05) is 31.4 Å². The summed E-state index contributed by atoms with van der Waals surface area (Å²) in [4.78, 5) is 30.1. The maximum absolute atomic E-state index is 14.3. The van der Waals surface area contributed by atoms with Crippen LogP contribution in [-0.4, -0.2) is 41.3 Å². The Labute approximate surface area is 243 Å². The molecule has 0 radical (unpaired) electrons. The third kappa shape index (κ3) is 6.38. The van der Waals surface area contributed by atoms with E-state index in [1.807, 2.05) is 36.4 Å². The second-order valence-electron chi connectivity index (χ2n) is 10.0. The van der Waals surface area contributed by atoms with Crippen LogP contribution in [0.5, 0.6) is 11.5 Å². The number of methoxy groups -OCH3 is 2. The average Bonchev–Trinajstić information content (AvgIpc) is 3.67. The summed E-state index contributed by atoms with van der Waals surface area (Å²) in [6.45, 7) is 0.0653. The van der Waals surface area contributed by atoms with Crippen LogP contribution >= 0.6 is 11.5 Å². The molecule has 1 fully saturated rings. The van der Waals surface area contributed by atoms with Crippen LogP contribution in [0.3, 0.4) is 0 Å². The van der Waals surface area contributed by atoms with Crippen LogP contribution in [0, 0.1) is 0 Å². The largest absolute Gasteiger partial charge is 0.497 e. The van der Waals surface area contributed by atoms with Gasteiger partial charge in [0.05, 0.1) is 32.7 Å². The highest BCUT2D eigenvalue weighted by atomic mass is 32.1. The molecule has 2 amide bonds. The first kappa shape index (κ1) is 28.2. The number of amides is 2. The van der Waals surface area contributed by atoms with Crippen molar-refractivity contribution in [1.82, 2.24) is 14.6 Å². The topological polar surface area (TPSA) is 120 Å². The minimum Gasteiger partial charge on any atom is -0.497 e. The van der Waals surface area contributed by atoms with Crippen LogP contribution in [0.2, 0.25) is 0 Å². The van der Waals surface area contributed by atoms with E-state index in [1.54, 1.807) is 44.7 Å². The van der Waals surface area contributed by atoms with Crippen LogP contribution in [-0.2, 0) is 11.3 Å². The normalized spacial score (nSPS) is 14.3. The first-order valence-electron chi connectivity index (χ1n) is 13.7. The molecule has 4 aromatic rings. The Bertz CT molecular complexity index is 1440. The number of ether oxygens (including phenoxy) is 2. The van der Waals surface area contributed by atoms with Crippen molar-refractivity contribution in [2.75, 3.05) is 20.0 Å². The van der Waals surface area contributed by atoms with E-state index in [2.05, 4.69) is 9.69 Å². The van der Waals surface area contributed by atoms with Crippen LogP contribution in [0.15, 0.2) is 71.3 Å². The van der Waals surface area contributed by atoms with E-state index in [0.717, 1.165) is 42.8 Å². The zero-order valence-corrected chi connectivity index (χ0v) is 24.0. The molecule has 10 heteroatoms. The van der Waals surface area contributed by atoms with E-state index >= 15 is 0 Å². The van der Waals surface area contributed by atoms with Crippen molar-refractivity contribution in [3.8, 4) is 22.8 Å². The van der Waals surface area contributed by atoms with E-state index in [1.165, 1.54) is 11.3 Å². The summed E-state index contributed by atoms with van der Waals surface area (Å²) in [6.07, 6.45) is 6.68. The smallest absolute Gasteiger partial charge is 0.269 e. The fourth-order valence-corrected chi connectivity index (χ4v) is 5.95. The number of nitrogens with one attached hydrogen (secondary N) is 1. The lowest BCUT2D eigenvalue weighted by molar-refractivity contribution is -0.127. The van der Waals surface area contributed by atoms with E-state index in [9.17, 15) is 9.59 Å². The standard InChI is InChI=1S/C31H34N4O5S/c1-38-23-14-10-20(11-15-23)27-26(32)29(41-34-27)31(37)35(19-25-9-6-18-40-25)28(21-12-16-24(39-2)17-13-21)30(36)33-22-7-4-3-5-8-22/h6,9-18,22,28H,3-5,7-8,19,32H2,1-2H3,(H,33,36)/t28-/m0/s1. The predicted octanol–water partition coefficient (Wildman–Crippen LogP) is 5.84. The van der Waals surface area contributed by atoms with Crippen molar-refractivity contribution in [3.05, 3.63) is 83.1 Å². The third-order valence-corrected chi connectivity index (χ3v) is 8.25. The monoisotopic (exact) mass is 574 g/mol. The Morgan fingerprint density at radius 3 is 2.29 bits per heavy atom. The van der Waals surface area contributed by atoms with Gasteiger partial charge in [0.25, 0.3) is 5.91 Å². The predicted molar refractivity (Wildman–Crippen MR) is 158 cm³/mol. The number of nitrogens with zero attached hydrogens (tertiary/aromatic N) is 2. The van der Waals surface area contributed by atoms with Gasteiger partial charge < -0.3 is 29.8 Å². The molecule has 2 aromatic carbocycles. The van der Waals surface area contributed by atoms with Crippen molar-refractivity contribution in [2.45, 2.75) is 50.7 Å². The second kappa shape index (κ2) is 12.9. The van der Waals surface area contributed by atoms with E-state index in [4.69, 9.17) is 19.6 Å². The molecule has 0 spiro atoms. The van der Waals surface area contributed by atoms with Crippen molar-refractivity contribution in [1.29, 1.82) is 0 Å². The van der Waals surface area contributed by atoms with Gasteiger partial charge in [0.2, 0.25) is 5.91 Å². The first-order chi connectivity index (χ1) is 20.0. The van der Waals surface area contributed by atoms with Gasteiger partial charge in [-0.15, -0.1) is 0 Å². The lowest BCUT2D eigenvalue weighted by Gasteiger charge is -2.33. The Hall–Kier alpha value is -4.31. The first-order valence-corrected chi connectivity index (χ1v) is 14.4. The van der Waals surface area contributed by atoms with Crippen molar-refractivity contribution < 1.29 is 23.5 Å². The van der Waals surface area contributed by atoms with Gasteiger partial charge in [0, 0.05) is 11.6 Å². The molecule has 5 rings (SSSR count). The van der Waals surface area contributed by atoms with Gasteiger partial charge in [-0.3, -0.25) is 9.59 Å². The molecule has 1 saturated carbocycles. The highest BCUT2D eigenvalue weighted by Crippen LogP contribution is 2.35. The fourth-order valence-electron chi connectivity index (χ4n) is 5.18. The fraction of sp³-hybridized carbons (Fsp3) is 0.323. The van der Waals surface area contributed by atoms with Crippen LogP contribution in [0.4, 0.5) is 5.69 Å². The number of nitrogen functional groups attached to an aromatic ring is 1. The van der Waals surface area contributed by atoms with E-state index < -0.39 is 11.9 Å². The van der Waals surface area contributed by atoms with Gasteiger partial charge in [0.1, 0.15) is 33.9 Å². The number of anilines is 1. The van der Waals surface area contributed by atoms with Crippen LogP contribution in [0.25, 0.3) is 11.3 Å². The zero-order chi connectivity index (χ0) is 28.8. The minimum atomic E-state index is -0.939. The number of aromatic nitrogens is 1. The van der Waals surface area contributed by atoms with Crippen molar-refractivity contribution in [2.24, 2.45) is 0 Å². The molecule has 9 nitrogen and oxygen atoms in total. The maximum Gasteiger partial charge on any atom is 0.269 e. The average molecular weight is 575 g/mol. The summed E-state index contributed by atoms with van der Waals surface area (Å²) in [7, 11) is 3.18. The SMILES string of the molecule is COc1ccc(-c2nsc(C(=O)N(Cc3ccco3)[C@H](C(=O)NC3CCCCC3)c3ccc(OC)cc3)c2N)cc1. The zero-order valence-electron chi connectivity index (χ0n) is 23.2. The molecule has 0 unspecified atom stereocenters. The Kier molecular flexibility index (Phi) is 8.88. The number of hydrogen-bond acceptors (Lipinski definition) is 8. The summed E-state index contributed by atoms with van der Waals surface area (Å²) in [5.74, 6) is 1.24. The third-order valence-electron chi connectivity index (χ3n) is 7.40. The van der Waals surface area contributed by atoms with Gasteiger partial charge in [-0.2, -0.15) is 4.37 Å².